The van der Waals surface area contributed by atoms with E-state index in [1.54, 1.807) is 12.2 Å². The van der Waals surface area contributed by atoms with Crippen LogP contribution in [0.2, 0.25) is 0 Å². The van der Waals surface area contributed by atoms with Crippen molar-refractivity contribution in [2.75, 3.05) is 6.54 Å². The lowest BCUT2D eigenvalue weighted by molar-refractivity contribution is -0.119. The number of carbonyl (C=O) groups excluding carboxylic acids is 1. The number of allylic oxidation sites excluding steroid dienone is 1. The number of hydrogen-bond donors (Lipinski definition) is 1. The molecular weight excluding hydrogens is 152 g/mol. The van der Waals surface area contributed by atoms with Gasteiger partial charge in [-0.15, -0.1) is 12.4 Å². The van der Waals surface area contributed by atoms with Crippen LogP contribution in [0.3, 0.4) is 0 Å². The summed E-state index contributed by atoms with van der Waals surface area (Å²) in [6.07, 6.45) is 4.97. The molecule has 0 bridgehead atoms. The van der Waals surface area contributed by atoms with Gasteiger partial charge in [-0.2, -0.15) is 0 Å². The van der Waals surface area contributed by atoms with E-state index in [1.165, 1.54) is 6.21 Å². The van der Waals surface area contributed by atoms with Crippen molar-refractivity contribution >= 4 is 24.5 Å². The largest absolute Gasteiger partial charge is 0.329 e. The Kier molecular flexibility index (Phi) is 3.91. The van der Waals surface area contributed by atoms with Crippen LogP contribution in [0.15, 0.2) is 17.1 Å². The average Bonchev–Trinajstić information content (AvgIpc) is 1.89. The third kappa shape index (κ3) is 1.93. The summed E-state index contributed by atoms with van der Waals surface area (Å²) >= 11 is 0. The fourth-order valence-electron chi connectivity index (χ4n) is 0.658. The summed E-state index contributed by atoms with van der Waals surface area (Å²) in [5.74, 6) is -0.324. The molecule has 1 rings (SSSR count). The van der Waals surface area contributed by atoms with Crippen molar-refractivity contribution < 1.29 is 4.79 Å². The minimum Gasteiger partial charge on any atom is -0.329 e. The SMILES string of the molecule is Cl.NCC1C=CC=NC1=O. The van der Waals surface area contributed by atoms with Gasteiger partial charge in [0.1, 0.15) is 0 Å². The average molecular weight is 161 g/mol. The molecule has 1 heterocycles. The van der Waals surface area contributed by atoms with E-state index in [4.69, 9.17) is 5.73 Å². The molecule has 0 aromatic heterocycles. The van der Waals surface area contributed by atoms with E-state index < -0.39 is 0 Å². The Labute approximate surface area is 65.4 Å². The molecule has 0 radical (unpaired) electrons. The minimum atomic E-state index is -0.185. The molecule has 2 N–H and O–H groups in total. The van der Waals surface area contributed by atoms with Gasteiger partial charge in [-0.25, -0.2) is 4.99 Å². The number of hydrogen-bond acceptors (Lipinski definition) is 2. The van der Waals surface area contributed by atoms with E-state index in [2.05, 4.69) is 4.99 Å². The molecule has 0 fully saturated rings. The van der Waals surface area contributed by atoms with Crippen LogP contribution in [0.5, 0.6) is 0 Å². The number of carbonyl (C=O) groups is 1. The van der Waals surface area contributed by atoms with Crippen molar-refractivity contribution in [3.63, 3.8) is 0 Å². The second kappa shape index (κ2) is 4.19. The molecule has 1 atom stereocenters. The summed E-state index contributed by atoms with van der Waals surface area (Å²) in [5, 5.41) is 0. The molecule has 0 saturated heterocycles. The van der Waals surface area contributed by atoms with Gasteiger partial charge in [-0.3, -0.25) is 4.79 Å². The normalized spacial score (nSPS) is 22.5. The lowest BCUT2D eigenvalue weighted by Gasteiger charge is -2.05. The Morgan fingerprint density at radius 3 is 2.80 bits per heavy atom. The molecular formula is C6H9ClN2O. The Morgan fingerprint density at radius 1 is 1.70 bits per heavy atom. The Hall–Kier alpha value is -0.670. The Morgan fingerprint density at radius 2 is 2.40 bits per heavy atom. The van der Waals surface area contributed by atoms with Crippen molar-refractivity contribution in [3.8, 4) is 0 Å². The number of aliphatic imine (C=N–C) groups is 1. The van der Waals surface area contributed by atoms with Gasteiger partial charge in [-0.1, -0.05) is 6.08 Å². The van der Waals surface area contributed by atoms with Gasteiger partial charge in [0.2, 0.25) is 0 Å². The zero-order valence-corrected chi connectivity index (χ0v) is 6.17. The molecule has 0 spiro atoms. The number of nitrogens with two attached hydrogens (primary N) is 1. The molecule has 10 heavy (non-hydrogen) atoms. The van der Waals surface area contributed by atoms with E-state index >= 15 is 0 Å². The minimum absolute atomic E-state index is 0. The molecule has 0 aliphatic carbocycles. The third-order valence-corrected chi connectivity index (χ3v) is 1.20. The van der Waals surface area contributed by atoms with Crippen molar-refractivity contribution in [1.82, 2.24) is 0 Å². The number of halogens is 1. The summed E-state index contributed by atoms with van der Waals surface area (Å²) < 4.78 is 0. The maximum Gasteiger partial charge on any atom is 0.253 e. The van der Waals surface area contributed by atoms with Crippen molar-refractivity contribution in [2.45, 2.75) is 0 Å². The summed E-state index contributed by atoms with van der Waals surface area (Å²) in [5.41, 5.74) is 5.25. The van der Waals surface area contributed by atoms with Gasteiger partial charge in [0.25, 0.3) is 5.91 Å². The Bertz CT molecular complexity index is 177. The second-order valence-electron chi connectivity index (χ2n) is 1.84. The van der Waals surface area contributed by atoms with Crippen molar-refractivity contribution in [1.29, 1.82) is 0 Å². The molecule has 56 valence electrons. The van der Waals surface area contributed by atoms with Crippen LogP contribution in [0.4, 0.5) is 0 Å². The maximum atomic E-state index is 10.7. The van der Waals surface area contributed by atoms with E-state index in [-0.39, 0.29) is 24.2 Å². The van der Waals surface area contributed by atoms with E-state index in [0.29, 0.717) is 6.54 Å². The number of rotatable bonds is 1. The van der Waals surface area contributed by atoms with Crippen LogP contribution in [-0.4, -0.2) is 18.7 Å². The van der Waals surface area contributed by atoms with Crippen molar-refractivity contribution in [3.05, 3.63) is 12.2 Å². The highest BCUT2D eigenvalue weighted by Gasteiger charge is 2.12. The summed E-state index contributed by atoms with van der Waals surface area (Å²) in [6.45, 7) is 0.354. The lowest BCUT2D eigenvalue weighted by Crippen LogP contribution is -2.21. The summed E-state index contributed by atoms with van der Waals surface area (Å²) in [7, 11) is 0. The van der Waals surface area contributed by atoms with Crippen LogP contribution >= 0.6 is 12.4 Å². The van der Waals surface area contributed by atoms with E-state index in [1.807, 2.05) is 0 Å². The number of nitrogens with zero attached hydrogens (tertiary/aromatic N) is 1. The number of amides is 1. The topological polar surface area (TPSA) is 55.4 Å². The molecule has 3 nitrogen and oxygen atoms in total. The monoisotopic (exact) mass is 160 g/mol. The van der Waals surface area contributed by atoms with Gasteiger partial charge >= 0.3 is 0 Å². The quantitative estimate of drug-likeness (QED) is 0.594. The van der Waals surface area contributed by atoms with Gasteiger partial charge in [0.05, 0.1) is 5.92 Å². The third-order valence-electron chi connectivity index (χ3n) is 1.20. The fraction of sp³-hybridized carbons (Fsp3) is 0.333. The Balaban J connectivity index is 0.000000810. The second-order valence-corrected chi connectivity index (χ2v) is 1.84. The first-order valence-electron chi connectivity index (χ1n) is 2.79. The van der Waals surface area contributed by atoms with Gasteiger partial charge in [0, 0.05) is 12.8 Å². The first-order chi connectivity index (χ1) is 4.34. The molecule has 1 aliphatic heterocycles. The highest BCUT2D eigenvalue weighted by atomic mass is 35.5. The van der Waals surface area contributed by atoms with Crippen LogP contribution in [0, 0.1) is 5.92 Å². The van der Waals surface area contributed by atoms with Crippen molar-refractivity contribution in [2.24, 2.45) is 16.6 Å². The van der Waals surface area contributed by atoms with Crippen LogP contribution in [0.25, 0.3) is 0 Å². The predicted octanol–water partition coefficient (Wildman–Crippen LogP) is 0.150. The molecule has 1 amide bonds. The molecule has 0 aromatic rings. The van der Waals surface area contributed by atoms with Crippen LogP contribution in [-0.2, 0) is 4.79 Å². The zero-order valence-electron chi connectivity index (χ0n) is 5.36. The highest BCUT2D eigenvalue weighted by Crippen LogP contribution is 2.02. The van der Waals surface area contributed by atoms with Crippen LogP contribution in [0.1, 0.15) is 0 Å². The summed E-state index contributed by atoms with van der Waals surface area (Å²) in [6, 6.07) is 0. The lowest BCUT2D eigenvalue weighted by atomic mass is 10.1. The zero-order chi connectivity index (χ0) is 6.69. The smallest absolute Gasteiger partial charge is 0.253 e. The molecule has 4 heteroatoms. The van der Waals surface area contributed by atoms with Gasteiger partial charge < -0.3 is 5.73 Å². The predicted molar refractivity (Wildman–Crippen MR) is 42.4 cm³/mol. The first-order valence-corrected chi connectivity index (χ1v) is 2.79. The molecule has 0 saturated carbocycles. The maximum absolute atomic E-state index is 10.7. The van der Waals surface area contributed by atoms with E-state index in [0.717, 1.165) is 0 Å². The molecule has 1 unspecified atom stereocenters. The van der Waals surface area contributed by atoms with Gasteiger partial charge in [-0.05, 0) is 6.08 Å². The standard InChI is InChI=1S/C6H8N2O.ClH/c7-4-5-2-1-3-8-6(5)9;/h1-3,5H,4,7H2;1H. The summed E-state index contributed by atoms with van der Waals surface area (Å²) in [4.78, 5) is 14.2. The van der Waals surface area contributed by atoms with E-state index in [9.17, 15) is 4.79 Å². The number of dihydropyridines is 1. The van der Waals surface area contributed by atoms with Crippen LogP contribution < -0.4 is 5.73 Å². The molecule has 1 aliphatic rings. The van der Waals surface area contributed by atoms with Gasteiger partial charge in [0.15, 0.2) is 0 Å². The fourth-order valence-corrected chi connectivity index (χ4v) is 0.658. The highest BCUT2D eigenvalue weighted by molar-refractivity contribution is 5.94. The molecule has 0 aromatic carbocycles. The first kappa shape index (κ1) is 9.33.